The van der Waals surface area contributed by atoms with Gasteiger partial charge in [-0.2, -0.15) is 0 Å². The van der Waals surface area contributed by atoms with Crippen LogP contribution in [0.5, 0.6) is 0 Å². The second kappa shape index (κ2) is 9.22. The molecule has 32 heavy (non-hydrogen) atoms. The van der Waals surface area contributed by atoms with Gasteiger partial charge in [-0.05, 0) is 61.0 Å². The molecule has 1 saturated heterocycles. The molecule has 0 radical (unpaired) electrons. The van der Waals surface area contributed by atoms with Crippen LogP contribution in [0.15, 0.2) is 77.7 Å². The average molecular weight is 470 g/mol. The zero-order valence-electron chi connectivity index (χ0n) is 17.7. The summed E-state index contributed by atoms with van der Waals surface area (Å²) >= 11 is 6.08. The third kappa shape index (κ3) is 4.89. The lowest BCUT2D eigenvalue weighted by Crippen LogP contribution is -2.48. The Morgan fingerprint density at radius 2 is 1.59 bits per heavy atom. The van der Waals surface area contributed by atoms with E-state index in [1.165, 1.54) is 12.1 Å². The Kier molecular flexibility index (Phi) is 6.39. The normalized spacial score (nSPS) is 14.3. The molecule has 0 saturated carbocycles. The van der Waals surface area contributed by atoms with Crippen molar-refractivity contribution in [2.24, 2.45) is 0 Å². The molecular formula is C24H24ClN3O3S. The topological polar surface area (TPSA) is 69.7 Å². The Hall–Kier alpha value is -3.03. The van der Waals surface area contributed by atoms with Crippen molar-refractivity contribution in [2.45, 2.75) is 11.8 Å². The van der Waals surface area contributed by atoms with Crippen LogP contribution in [0.2, 0.25) is 5.02 Å². The number of benzene rings is 3. The molecule has 0 aromatic heterocycles. The Labute approximate surface area is 193 Å². The van der Waals surface area contributed by atoms with E-state index in [1.54, 1.807) is 29.2 Å². The summed E-state index contributed by atoms with van der Waals surface area (Å²) in [6.45, 7) is 4.42. The minimum atomic E-state index is -3.74. The van der Waals surface area contributed by atoms with Gasteiger partial charge >= 0.3 is 0 Å². The van der Waals surface area contributed by atoms with Crippen LogP contribution in [0.4, 0.5) is 11.4 Å². The van der Waals surface area contributed by atoms with Gasteiger partial charge in [-0.15, -0.1) is 0 Å². The fourth-order valence-corrected chi connectivity index (χ4v) is 5.01. The predicted molar refractivity (Wildman–Crippen MR) is 128 cm³/mol. The van der Waals surface area contributed by atoms with Crippen molar-refractivity contribution in [1.29, 1.82) is 0 Å². The first-order valence-electron chi connectivity index (χ1n) is 10.3. The highest BCUT2D eigenvalue weighted by Gasteiger charge is 2.23. The first-order chi connectivity index (χ1) is 15.3. The van der Waals surface area contributed by atoms with E-state index >= 15 is 0 Å². The van der Waals surface area contributed by atoms with E-state index in [4.69, 9.17) is 11.6 Å². The molecule has 0 spiro atoms. The number of hydrogen-bond donors (Lipinski definition) is 1. The van der Waals surface area contributed by atoms with E-state index in [1.807, 2.05) is 43.3 Å². The van der Waals surface area contributed by atoms with Gasteiger partial charge in [0.2, 0.25) is 0 Å². The minimum absolute atomic E-state index is 0.105. The van der Waals surface area contributed by atoms with Crippen molar-refractivity contribution in [3.05, 3.63) is 88.9 Å². The smallest absolute Gasteiger partial charge is 0.261 e. The molecule has 1 amide bonds. The van der Waals surface area contributed by atoms with Gasteiger partial charge in [-0.3, -0.25) is 9.52 Å². The number of hydrogen-bond acceptors (Lipinski definition) is 4. The maximum atomic E-state index is 12.9. The van der Waals surface area contributed by atoms with Gasteiger partial charge in [-0.1, -0.05) is 35.9 Å². The monoisotopic (exact) mass is 469 g/mol. The van der Waals surface area contributed by atoms with E-state index in [-0.39, 0.29) is 10.8 Å². The van der Waals surface area contributed by atoms with Crippen LogP contribution in [0, 0.1) is 6.92 Å². The summed E-state index contributed by atoms with van der Waals surface area (Å²) in [6, 6.07) is 20.9. The van der Waals surface area contributed by atoms with Crippen LogP contribution in [-0.4, -0.2) is 45.4 Å². The van der Waals surface area contributed by atoms with E-state index in [0.717, 1.165) is 11.3 Å². The van der Waals surface area contributed by atoms with Gasteiger partial charge in [0.25, 0.3) is 15.9 Å². The van der Waals surface area contributed by atoms with Gasteiger partial charge in [0, 0.05) is 42.5 Å². The van der Waals surface area contributed by atoms with Crippen molar-refractivity contribution in [3.8, 4) is 0 Å². The van der Waals surface area contributed by atoms with Crippen molar-refractivity contribution in [2.75, 3.05) is 35.8 Å². The maximum absolute atomic E-state index is 12.9. The Bertz CT molecular complexity index is 1220. The summed E-state index contributed by atoms with van der Waals surface area (Å²) in [6.07, 6.45) is 0. The third-order valence-corrected chi connectivity index (χ3v) is 7.16. The van der Waals surface area contributed by atoms with Crippen LogP contribution >= 0.6 is 11.6 Å². The number of nitrogens with one attached hydrogen (secondary N) is 1. The van der Waals surface area contributed by atoms with Crippen molar-refractivity contribution in [1.82, 2.24) is 4.90 Å². The number of rotatable bonds is 5. The number of sulfonamides is 1. The number of para-hydroxylation sites is 1. The maximum Gasteiger partial charge on any atom is 0.261 e. The number of halogens is 1. The zero-order chi connectivity index (χ0) is 22.7. The molecule has 6 nitrogen and oxygen atoms in total. The molecule has 8 heteroatoms. The lowest BCUT2D eigenvalue weighted by Gasteiger charge is -2.36. The molecule has 1 heterocycles. The highest BCUT2D eigenvalue weighted by atomic mass is 35.5. The fourth-order valence-electron chi connectivity index (χ4n) is 3.69. The largest absolute Gasteiger partial charge is 0.368 e. The molecule has 3 aromatic rings. The second-order valence-electron chi connectivity index (χ2n) is 7.70. The summed E-state index contributed by atoms with van der Waals surface area (Å²) in [5.74, 6) is -0.105. The first kappa shape index (κ1) is 22.2. The molecule has 0 aliphatic carbocycles. The number of carbonyl (C=O) groups is 1. The van der Waals surface area contributed by atoms with Crippen molar-refractivity contribution >= 4 is 38.9 Å². The number of nitrogens with zero attached hydrogens (tertiary/aromatic N) is 2. The standard InChI is InChI=1S/C24H24ClN3O3S/c1-18-5-2-3-8-23(18)26-32(30,31)22-11-9-19(10-12-22)24(29)28-15-13-27(14-16-28)21-7-4-6-20(25)17-21/h2-12,17,26H,13-16H2,1H3. The van der Waals surface area contributed by atoms with E-state index < -0.39 is 10.0 Å². The van der Waals surface area contributed by atoms with Crippen LogP contribution in [-0.2, 0) is 10.0 Å². The Balaban J connectivity index is 1.41. The van der Waals surface area contributed by atoms with Crippen LogP contribution in [0.1, 0.15) is 15.9 Å². The Morgan fingerprint density at radius 3 is 2.25 bits per heavy atom. The lowest BCUT2D eigenvalue weighted by atomic mass is 10.1. The number of piperazine rings is 1. The van der Waals surface area contributed by atoms with Crippen molar-refractivity contribution < 1.29 is 13.2 Å². The molecule has 1 aliphatic rings. The average Bonchev–Trinajstić information content (AvgIpc) is 2.80. The summed E-state index contributed by atoms with van der Waals surface area (Å²) in [4.78, 5) is 17.0. The number of anilines is 2. The van der Waals surface area contributed by atoms with E-state index in [0.29, 0.717) is 42.5 Å². The first-order valence-corrected chi connectivity index (χ1v) is 12.2. The molecule has 0 bridgehead atoms. The van der Waals surface area contributed by atoms with Gasteiger partial charge in [-0.25, -0.2) is 8.42 Å². The van der Waals surface area contributed by atoms with Gasteiger partial charge in [0.05, 0.1) is 10.6 Å². The second-order valence-corrected chi connectivity index (χ2v) is 9.82. The van der Waals surface area contributed by atoms with Gasteiger partial charge in [0.1, 0.15) is 0 Å². The fraction of sp³-hybridized carbons (Fsp3) is 0.208. The molecule has 4 rings (SSSR count). The predicted octanol–water partition coefficient (Wildman–Crippen LogP) is 4.41. The number of aryl methyl sites for hydroxylation is 1. The summed E-state index contributed by atoms with van der Waals surface area (Å²) in [5.41, 5.74) is 2.88. The molecule has 1 aliphatic heterocycles. The quantitative estimate of drug-likeness (QED) is 0.600. The van der Waals surface area contributed by atoms with E-state index in [9.17, 15) is 13.2 Å². The van der Waals surface area contributed by atoms with Crippen LogP contribution in [0.3, 0.4) is 0 Å². The molecular weight excluding hydrogens is 446 g/mol. The van der Waals surface area contributed by atoms with E-state index in [2.05, 4.69) is 9.62 Å². The SMILES string of the molecule is Cc1ccccc1NS(=O)(=O)c1ccc(C(=O)N2CCN(c3cccc(Cl)c3)CC2)cc1. The highest BCUT2D eigenvalue weighted by Crippen LogP contribution is 2.22. The molecule has 166 valence electrons. The van der Waals surface area contributed by atoms with Crippen molar-refractivity contribution in [3.63, 3.8) is 0 Å². The molecule has 1 fully saturated rings. The molecule has 0 unspecified atom stereocenters. The summed E-state index contributed by atoms with van der Waals surface area (Å²) in [7, 11) is -3.74. The van der Waals surface area contributed by atoms with Gasteiger partial charge < -0.3 is 9.80 Å². The van der Waals surface area contributed by atoms with Gasteiger partial charge in [0.15, 0.2) is 0 Å². The third-order valence-electron chi connectivity index (χ3n) is 5.54. The molecule has 3 aromatic carbocycles. The lowest BCUT2D eigenvalue weighted by molar-refractivity contribution is 0.0746. The number of carbonyl (C=O) groups excluding carboxylic acids is 1. The molecule has 1 N–H and O–H groups in total. The highest BCUT2D eigenvalue weighted by molar-refractivity contribution is 7.92. The molecule has 0 atom stereocenters. The summed E-state index contributed by atoms with van der Waals surface area (Å²) < 4.78 is 28.0. The Morgan fingerprint density at radius 1 is 0.906 bits per heavy atom. The van der Waals surface area contributed by atoms with Crippen LogP contribution in [0.25, 0.3) is 0 Å². The zero-order valence-corrected chi connectivity index (χ0v) is 19.2. The summed E-state index contributed by atoms with van der Waals surface area (Å²) in [5, 5.41) is 0.688. The van der Waals surface area contributed by atoms with Crippen LogP contribution < -0.4 is 9.62 Å². The minimum Gasteiger partial charge on any atom is -0.368 e. The number of amides is 1.